The van der Waals surface area contributed by atoms with Crippen LogP contribution in [-0.2, 0) is 0 Å². The molecule has 0 radical (unpaired) electrons. The molecule has 0 spiro atoms. The van der Waals surface area contributed by atoms with E-state index in [-0.39, 0.29) is 11.3 Å². The molecule has 1 rings (SSSR count). The SMILES string of the molecule is O=C([O-])c1cncc([N+](=O)[O-])c1. The van der Waals surface area contributed by atoms with Crippen LogP contribution in [-0.4, -0.2) is 15.9 Å². The lowest BCUT2D eigenvalue weighted by Crippen LogP contribution is -2.22. The minimum absolute atomic E-state index is 0.302. The lowest BCUT2D eigenvalue weighted by Gasteiger charge is -1.99. The van der Waals surface area contributed by atoms with Crippen LogP contribution >= 0.6 is 0 Å². The molecule has 6 nitrogen and oxygen atoms in total. The van der Waals surface area contributed by atoms with Crippen molar-refractivity contribution in [1.29, 1.82) is 0 Å². The first kappa shape index (κ1) is 8.12. The lowest BCUT2D eigenvalue weighted by atomic mass is 10.3. The average molecular weight is 167 g/mol. The second kappa shape index (κ2) is 2.95. The summed E-state index contributed by atoms with van der Waals surface area (Å²) in [5, 5.41) is 20.3. The summed E-state index contributed by atoms with van der Waals surface area (Å²) in [6.07, 6.45) is 1.95. The topological polar surface area (TPSA) is 96.2 Å². The van der Waals surface area contributed by atoms with Crippen LogP contribution in [0.25, 0.3) is 0 Å². The van der Waals surface area contributed by atoms with Gasteiger partial charge in [0.2, 0.25) is 0 Å². The van der Waals surface area contributed by atoms with Gasteiger partial charge in [0, 0.05) is 17.8 Å². The van der Waals surface area contributed by atoms with Crippen molar-refractivity contribution in [2.24, 2.45) is 0 Å². The third kappa shape index (κ3) is 1.54. The van der Waals surface area contributed by atoms with Gasteiger partial charge in [-0.15, -0.1) is 0 Å². The zero-order chi connectivity index (χ0) is 9.14. The predicted molar refractivity (Wildman–Crippen MR) is 35.2 cm³/mol. The van der Waals surface area contributed by atoms with Crippen LogP contribution in [0.1, 0.15) is 10.4 Å². The van der Waals surface area contributed by atoms with Gasteiger partial charge in [0.15, 0.2) is 0 Å². The highest BCUT2D eigenvalue weighted by molar-refractivity contribution is 5.85. The van der Waals surface area contributed by atoms with E-state index < -0.39 is 10.9 Å². The van der Waals surface area contributed by atoms with Crippen molar-refractivity contribution in [2.45, 2.75) is 0 Å². The lowest BCUT2D eigenvalue weighted by molar-refractivity contribution is -0.385. The van der Waals surface area contributed by atoms with Gasteiger partial charge in [0.05, 0.1) is 10.9 Å². The summed E-state index contributed by atoms with van der Waals surface area (Å²) < 4.78 is 0. The number of carbonyl (C=O) groups is 1. The number of carboxylic acids is 1. The van der Waals surface area contributed by atoms with E-state index in [1.165, 1.54) is 0 Å². The zero-order valence-electron chi connectivity index (χ0n) is 5.76. The Balaban J connectivity index is 3.12. The highest BCUT2D eigenvalue weighted by atomic mass is 16.6. The van der Waals surface area contributed by atoms with E-state index in [1.54, 1.807) is 0 Å². The molecule has 0 aliphatic heterocycles. The Morgan fingerprint density at radius 2 is 2.17 bits per heavy atom. The molecule has 0 fully saturated rings. The number of nitro groups is 1. The standard InChI is InChI=1S/C6H4N2O4/c9-6(10)4-1-5(8(11)12)3-7-2-4/h1-3H,(H,9,10)/p-1. The van der Waals surface area contributed by atoms with Crippen molar-refractivity contribution in [3.05, 3.63) is 34.1 Å². The molecule has 0 amide bonds. The Morgan fingerprint density at radius 1 is 1.50 bits per heavy atom. The van der Waals surface area contributed by atoms with Crippen molar-refractivity contribution >= 4 is 11.7 Å². The molecule has 62 valence electrons. The zero-order valence-corrected chi connectivity index (χ0v) is 5.76. The minimum Gasteiger partial charge on any atom is -0.545 e. The van der Waals surface area contributed by atoms with Crippen LogP contribution in [0.4, 0.5) is 5.69 Å². The normalized spacial score (nSPS) is 9.33. The predicted octanol–water partition coefficient (Wildman–Crippen LogP) is -0.647. The third-order valence-corrected chi connectivity index (χ3v) is 1.17. The number of carbonyl (C=O) groups excluding carboxylic acids is 1. The molecule has 0 saturated heterocycles. The van der Waals surface area contributed by atoms with E-state index in [0.717, 1.165) is 18.5 Å². The smallest absolute Gasteiger partial charge is 0.288 e. The van der Waals surface area contributed by atoms with Gasteiger partial charge in [0.25, 0.3) is 5.69 Å². The van der Waals surface area contributed by atoms with Gasteiger partial charge in [-0.2, -0.15) is 0 Å². The summed E-state index contributed by atoms with van der Waals surface area (Å²) in [5.74, 6) is -1.48. The maximum atomic E-state index is 10.2. The molecule has 0 N–H and O–H groups in total. The first-order valence-electron chi connectivity index (χ1n) is 2.92. The molecule has 12 heavy (non-hydrogen) atoms. The Bertz CT molecular complexity index is 307. The van der Waals surface area contributed by atoms with Crippen LogP contribution in [0.2, 0.25) is 0 Å². The average Bonchev–Trinajstić information content (AvgIpc) is 2.04. The van der Waals surface area contributed by atoms with Crippen molar-refractivity contribution in [3.63, 3.8) is 0 Å². The van der Waals surface area contributed by atoms with E-state index in [9.17, 15) is 20.0 Å². The van der Waals surface area contributed by atoms with Crippen LogP contribution in [0.15, 0.2) is 18.5 Å². The van der Waals surface area contributed by atoms with Gasteiger partial charge in [-0.1, -0.05) is 0 Å². The summed E-state index contributed by atoms with van der Waals surface area (Å²) in [4.78, 5) is 23.0. The fourth-order valence-electron chi connectivity index (χ4n) is 0.639. The molecule has 1 heterocycles. The van der Waals surface area contributed by atoms with Gasteiger partial charge in [-0.05, 0) is 0 Å². The molecule has 1 aromatic heterocycles. The summed E-state index contributed by atoms with van der Waals surface area (Å²) in [5.41, 5.74) is -0.666. The Morgan fingerprint density at radius 3 is 2.67 bits per heavy atom. The highest BCUT2D eigenvalue weighted by Gasteiger charge is 2.06. The van der Waals surface area contributed by atoms with E-state index in [2.05, 4.69) is 4.98 Å². The number of hydrogen-bond donors (Lipinski definition) is 0. The fourth-order valence-corrected chi connectivity index (χ4v) is 0.639. The van der Waals surface area contributed by atoms with Gasteiger partial charge in [0.1, 0.15) is 6.20 Å². The third-order valence-electron chi connectivity index (χ3n) is 1.17. The maximum Gasteiger partial charge on any atom is 0.288 e. The van der Waals surface area contributed by atoms with Gasteiger partial charge in [-0.3, -0.25) is 15.1 Å². The van der Waals surface area contributed by atoms with Crippen molar-refractivity contribution < 1.29 is 14.8 Å². The second-order valence-corrected chi connectivity index (χ2v) is 1.98. The van der Waals surface area contributed by atoms with E-state index in [4.69, 9.17) is 0 Å². The molecule has 0 aliphatic carbocycles. The molecular formula is C6H3N2O4-. The van der Waals surface area contributed by atoms with Crippen molar-refractivity contribution in [1.82, 2.24) is 4.98 Å². The summed E-state index contributed by atoms with van der Waals surface area (Å²) in [7, 11) is 0. The molecule has 0 aliphatic rings. The monoisotopic (exact) mass is 167 g/mol. The molecule has 0 saturated carbocycles. The molecule has 0 aromatic carbocycles. The van der Waals surface area contributed by atoms with Crippen LogP contribution in [0.5, 0.6) is 0 Å². The number of hydrogen-bond acceptors (Lipinski definition) is 5. The van der Waals surface area contributed by atoms with Crippen molar-refractivity contribution in [3.8, 4) is 0 Å². The summed E-state index contributed by atoms with van der Waals surface area (Å²) in [6.45, 7) is 0. The van der Waals surface area contributed by atoms with E-state index >= 15 is 0 Å². The number of aromatic carboxylic acids is 1. The van der Waals surface area contributed by atoms with Crippen LogP contribution in [0, 0.1) is 10.1 Å². The number of aromatic nitrogens is 1. The summed E-state index contributed by atoms with van der Waals surface area (Å²) in [6, 6.07) is 0.891. The van der Waals surface area contributed by atoms with Crippen LogP contribution in [0.3, 0.4) is 0 Å². The van der Waals surface area contributed by atoms with Gasteiger partial charge >= 0.3 is 0 Å². The van der Waals surface area contributed by atoms with Gasteiger partial charge in [-0.25, -0.2) is 0 Å². The van der Waals surface area contributed by atoms with E-state index in [0.29, 0.717) is 0 Å². The van der Waals surface area contributed by atoms with E-state index in [1.807, 2.05) is 0 Å². The first-order valence-corrected chi connectivity index (χ1v) is 2.92. The van der Waals surface area contributed by atoms with Crippen molar-refractivity contribution in [2.75, 3.05) is 0 Å². The number of carboxylic acid groups (broad SMARTS) is 1. The van der Waals surface area contributed by atoms with Crippen LogP contribution < -0.4 is 5.11 Å². The summed E-state index contributed by atoms with van der Waals surface area (Å²) >= 11 is 0. The molecule has 0 bridgehead atoms. The fraction of sp³-hybridized carbons (Fsp3) is 0. The quantitative estimate of drug-likeness (QED) is 0.430. The largest absolute Gasteiger partial charge is 0.545 e. The Hall–Kier alpha value is -1.98. The maximum absolute atomic E-state index is 10.2. The second-order valence-electron chi connectivity index (χ2n) is 1.98. The Labute approximate surface area is 66.6 Å². The Kier molecular flexibility index (Phi) is 2.00. The molecule has 0 atom stereocenters. The molecular weight excluding hydrogens is 164 g/mol. The first-order chi connectivity index (χ1) is 5.61. The molecule has 0 unspecified atom stereocenters. The number of pyridine rings is 1. The molecule has 1 aromatic rings. The molecule has 6 heteroatoms. The highest BCUT2D eigenvalue weighted by Crippen LogP contribution is 2.09. The minimum atomic E-state index is -1.48. The number of rotatable bonds is 2. The number of nitrogens with zero attached hydrogens (tertiary/aromatic N) is 2. The van der Waals surface area contributed by atoms with Gasteiger partial charge < -0.3 is 9.90 Å².